The molecule has 0 fully saturated rings. The average molecular weight is 372 g/mol. The van der Waals surface area contributed by atoms with Crippen LogP contribution in [0.2, 0.25) is 0 Å². The smallest absolute Gasteiger partial charge is 0.291 e. The second-order valence-electron chi connectivity index (χ2n) is 4.79. The molecule has 1 aliphatic heterocycles. The fourth-order valence-corrected chi connectivity index (χ4v) is 2.62. The first-order valence-corrected chi connectivity index (χ1v) is 7.38. The third kappa shape index (κ3) is 2.56. The molecule has 2 aromatic rings. The van der Waals surface area contributed by atoms with E-state index >= 15 is 0 Å². The molecule has 1 aliphatic rings. The highest BCUT2D eigenvalue weighted by atomic mass is 79.9. The van der Waals surface area contributed by atoms with Crippen molar-refractivity contribution in [3.63, 3.8) is 0 Å². The lowest BCUT2D eigenvalue weighted by atomic mass is 9.96. The largest absolute Gasteiger partial charge is 0.346 e. The van der Waals surface area contributed by atoms with Gasteiger partial charge in [0, 0.05) is 23.4 Å². The molecule has 0 unspecified atom stereocenters. The van der Waals surface area contributed by atoms with Crippen molar-refractivity contribution in [1.82, 2.24) is 20.1 Å². The number of hydrogen-bond acceptors (Lipinski definition) is 4. The molecule has 9 heteroatoms. The molecular weight excluding hydrogens is 360 g/mol. The number of nitrogens with one attached hydrogen (secondary N) is 2. The van der Waals surface area contributed by atoms with Crippen LogP contribution in [0.4, 0.5) is 20.4 Å². The monoisotopic (exact) mass is 371 g/mol. The van der Waals surface area contributed by atoms with E-state index in [1.807, 2.05) is 6.92 Å². The first-order valence-electron chi connectivity index (χ1n) is 6.58. The summed E-state index contributed by atoms with van der Waals surface area (Å²) in [6.45, 7) is 1.76. The maximum absolute atomic E-state index is 14.0. The lowest BCUT2D eigenvalue weighted by Crippen LogP contribution is -2.41. The summed E-state index contributed by atoms with van der Waals surface area (Å²) in [5, 5.41) is 9.22. The molecule has 0 aliphatic carbocycles. The van der Waals surface area contributed by atoms with E-state index in [0.717, 1.165) is 0 Å². The third-order valence-corrected chi connectivity index (χ3v) is 3.67. The molecule has 22 heavy (non-hydrogen) atoms. The predicted octanol–water partition coefficient (Wildman–Crippen LogP) is 2.64. The quantitative estimate of drug-likeness (QED) is 0.869. The summed E-state index contributed by atoms with van der Waals surface area (Å²) in [6, 6.07) is 4.21. The van der Waals surface area contributed by atoms with Crippen LogP contribution >= 0.6 is 15.9 Å². The van der Waals surface area contributed by atoms with E-state index in [2.05, 4.69) is 36.6 Å². The highest BCUT2D eigenvalue weighted by Crippen LogP contribution is 2.35. The second kappa shape index (κ2) is 5.31. The Bertz CT molecular complexity index is 746. The van der Waals surface area contributed by atoms with Gasteiger partial charge in [0.2, 0.25) is 10.7 Å². The van der Waals surface area contributed by atoms with Crippen LogP contribution in [0.1, 0.15) is 22.8 Å². The van der Waals surface area contributed by atoms with Crippen molar-refractivity contribution in [2.45, 2.75) is 19.4 Å². The van der Waals surface area contributed by atoms with Crippen molar-refractivity contribution >= 4 is 33.5 Å². The molecule has 6 nitrogen and oxygen atoms in total. The molecule has 1 amide bonds. The summed E-state index contributed by atoms with van der Waals surface area (Å²) in [6.07, 6.45) is 0. The van der Waals surface area contributed by atoms with Gasteiger partial charge in [-0.3, -0.25) is 4.79 Å². The number of hydrogen-bond donors (Lipinski definition) is 2. The molecule has 0 saturated carbocycles. The van der Waals surface area contributed by atoms with E-state index in [4.69, 9.17) is 0 Å². The Morgan fingerprint density at radius 1 is 1.50 bits per heavy atom. The Morgan fingerprint density at radius 2 is 2.27 bits per heavy atom. The topological polar surface area (TPSA) is 71.8 Å². The van der Waals surface area contributed by atoms with Crippen molar-refractivity contribution in [1.29, 1.82) is 0 Å². The van der Waals surface area contributed by atoms with Crippen LogP contribution in [0, 0.1) is 0 Å². The number of aromatic nitrogens is 3. The molecule has 0 radical (unpaired) electrons. The summed E-state index contributed by atoms with van der Waals surface area (Å²) >= 11 is 3.17. The fourth-order valence-electron chi connectivity index (χ4n) is 2.26. The summed E-state index contributed by atoms with van der Waals surface area (Å²) in [5.74, 6) is -3.16. The minimum atomic E-state index is -3.10. The van der Waals surface area contributed by atoms with Crippen LogP contribution in [0.5, 0.6) is 0 Å². The zero-order valence-corrected chi connectivity index (χ0v) is 13.1. The summed E-state index contributed by atoms with van der Waals surface area (Å²) < 4.78 is 29.9. The maximum atomic E-state index is 14.0. The second-order valence-corrected chi connectivity index (χ2v) is 5.50. The normalized spacial score (nSPS) is 16.1. The van der Waals surface area contributed by atoms with Gasteiger partial charge in [0.15, 0.2) is 0 Å². The van der Waals surface area contributed by atoms with Gasteiger partial charge in [-0.25, -0.2) is 4.68 Å². The van der Waals surface area contributed by atoms with Crippen LogP contribution in [-0.2, 0) is 12.5 Å². The summed E-state index contributed by atoms with van der Waals surface area (Å²) in [5.41, 5.74) is 0.116. The van der Waals surface area contributed by atoms with Crippen molar-refractivity contribution < 1.29 is 13.6 Å². The van der Waals surface area contributed by atoms with Gasteiger partial charge in [-0.1, -0.05) is 0 Å². The van der Waals surface area contributed by atoms with Gasteiger partial charge in [-0.2, -0.15) is 13.8 Å². The molecule has 3 rings (SSSR count). The van der Waals surface area contributed by atoms with E-state index < -0.39 is 18.4 Å². The molecule has 2 N–H and O–H groups in total. The third-order valence-electron chi connectivity index (χ3n) is 3.33. The molecule has 1 aromatic heterocycles. The number of nitrogens with zero attached hydrogens (tertiary/aromatic N) is 3. The number of fused-ring (bicyclic) bond motifs is 1. The van der Waals surface area contributed by atoms with Crippen LogP contribution in [0.3, 0.4) is 0 Å². The highest BCUT2D eigenvalue weighted by molar-refractivity contribution is 9.10. The zero-order valence-electron chi connectivity index (χ0n) is 11.5. The standard InChI is InChI=1S/C13H12BrF2N5O/c1-2-21-12(19-11(14)20-21)18-7-3-4-8-9(5-7)13(15,16)6-17-10(8)22/h3-5H,2,6H2,1H3,(H,17,22)(H,18,19,20). The van der Waals surface area contributed by atoms with E-state index in [1.54, 1.807) is 10.7 Å². The molecule has 0 saturated heterocycles. The number of rotatable bonds is 3. The first-order chi connectivity index (χ1) is 10.4. The predicted molar refractivity (Wildman–Crippen MR) is 79.3 cm³/mol. The Kier molecular flexibility index (Phi) is 3.59. The van der Waals surface area contributed by atoms with Crippen molar-refractivity contribution in [3.05, 3.63) is 34.1 Å². The van der Waals surface area contributed by atoms with E-state index in [0.29, 0.717) is 22.9 Å². The molecule has 0 atom stereocenters. The van der Waals surface area contributed by atoms with Gasteiger partial charge in [0.1, 0.15) is 0 Å². The van der Waals surface area contributed by atoms with Gasteiger partial charge < -0.3 is 10.6 Å². The molecule has 0 spiro atoms. The van der Waals surface area contributed by atoms with Crippen LogP contribution in [0.25, 0.3) is 0 Å². The molecule has 1 aromatic carbocycles. The average Bonchev–Trinajstić information content (AvgIpc) is 2.83. The minimum absolute atomic E-state index is 0.0139. The summed E-state index contributed by atoms with van der Waals surface area (Å²) in [4.78, 5) is 15.8. The highest BCUT2D eigenvalue weighted by Gasteiger charge is 2.40. The number of carbonyl (C=O) groups is 1. The van der Waals surface area contributed by atoms with Crippen LogP contribution in [-0.4, -0.2) is 27.2 Å². The molecule has 2 heterocycles. The van der Waals surface area contributed by atoms with Gasteiger partial charge in [0.25, 0.3) is 11.8 Å². The lowest BCUT2D eigenvalue weighted by Gasteiger charge is -2.25. The van der Waals surface area contributed by atoms with Crippen LogP contribution < -0.4 is 10.6 Å². The molecular formula is C13H12BrF2N5O. The number of alkyl halides is 2. The number of benzene rings is 1. The van der Waals surface area contributed by atoms with Crippen molar-refractivity contribution in [3.8, 4) is 0 Å². The van der Waals surface area contributed by atoms with Gasteiger partial charge >= 0.3 is 0 Å². The zero-order chi connectivity index (χ0) is 15.9. The van der Waals surface area contributed by atoms with E-state index in [1.165, 1.54) is 12.1 Å². The van der Waals surface area contributed by atoms with Gasteiger partial charge in [-0.05, 0) is 41.1 Å². The number of halogens is 3. The van der Waals surface area contributed by atoms with E-state index in [-0.39, 0.29) is 11.1 Å². The Morgan fingerprint density at radius 3 is 3.00 bits per heavy atom. The van der Waals surface area contributed by atoms with Gasteiger partial charge in [0.05, 0.1) is 6.54 Å². The van der Waals surface area contributed by atoms with Gasteiger partial charge in [-0.15, -0.1) is 5.10 Å². The Balaban J connectivity index is 1.98. The number of anilines is 2. The van der Waals surface area contributed by atoms with E-state index in [9.17, 15) is 13.6 Å². The molecule has 116 valence electrons. The number of aryl methyl sites for hydroxylation is 1. The lowest BCUT2D eigenvalue weighted by molar-refractivity contribution is -0.00832. The minimum Gasteiger partial charge on any atom is -0.346 e. The van der Waals surface area contributed by atoms with Crippen LogP contribution in [0.15, 0.2) is 22.9 Å². The summed E-state index contributed by atoms with van der Waals surface area (Å²) in [7, 11) is 0. The Hall–Kier alpha value is -2.03. The maximum Gasteiger partial charge on any atom is 0.291 e. The SMILES string of the molecule is CCn1nc(Br)nc1Nc1ccc2c(c1)C(F)(F)CNC2=O. The first kappa shape index (κ1) is 14.9. The molecule has 0 bridgehead atoms. The number of carbonyl (C=O) groups excluding carboxylic acids is 1. The Labute approximate surface area is 133 Å². The fraction of sp³-hybridized carbons (Fsp3) is 0.308. The number of amides is 1. The van der Waals surface area contributed by atoms with Crippen molar-refractivity contribution in [2.75, 3.05) is 11.9 Å². The van der Waals surface area contributed by atoms with Crippen molar-refractivity contribution in [2.24, 2.45) is 0 Å².